The molecule has 11 heteroatoms. The highest BCUT2D eigenvalue weighted by molar-refractivity contribution is 7.88. The van der Waals surface area contributed by atoms with E-state index in [4.69, 9.17) is 4.74 Å². The zero-order valence-electron chi connectivity index (χ0n) is 17.5. The van der Waals surface area contributed by atoms with Crippen molar-refractivity contribution in [3.8, 4) is 0 Å². The summed E-state index contributed by atoms with van der Waals surface area (Å²) in [7, 11) is -3.47. The second-order valence-corrected chi connectivity index (χ2v) is 9.41. The largest absolute Gasteiger partial charge is 0.452 e. The predicted octanol–water partition coefficient (Wildman–Crippen LogP) is 0.869. The normalized spacial score (nSPS) is 15.1. The number of carbonyl (C=O) groups excluding carboxylic acids is 2. The molecule has 0 atom stereocenters. The minimum absolute atomic E-state index is 0.0769. The molecule has 0 radical (unpaired) electrons. The Balaban J connectivity index is 1.31. The first-order valence-corrected chi connectivity index (χ1v) is 11.7. The zero-order valence-corrected chi connectivity index (χ0v) is 18.4. The average molecular weight is 458 g/mol. The number of nitrogens with zero attached hydrogens (tertiary/aromatic N) is 5. The molecular weight excluding hydrogens is 434 g/mol. The summed E-state index contributed by atoms with van der Waals surface area (Å²) >= 11 is 0. The number of aromatic nitrogens is 3. The number of ether oxygens (including phenoxy) is 1. The van der Waals surface area contributed by atoms with Gasteiger partial charge in [-0.15, -0.1) is 0 Å². The highest BCUT2D eigenvalue weighted by atomic mass is 32.2. The molecular formula is C21H23N5O5S. The van der Waals surface area contributed by atoms with Gasteiger partial charge in [0.2, 0.25) is 10.0 Å². The molecule has 3 aromatic rings. The Morgan fingerprint density at radius 2 is 1.78 bits per heavy atom. The monoisotopic (exact) mass is 457 g/mol. The topological polar surface area (TPSA) is 114 Å². The Bertz CT molecular complexity index is 1230. The van der Waals surface area contributed by atoms with Crippen molar-refractivity contribution >= 4 is 27.5 Å². The van der Waals surface area contributed by atoms with Crippen LogP contribution in [0.4, 0.5) is 0 Å². The summed E-state index contributed by atoms with van der Waals surface area (Å²) in [6.07, 6.45) is 3.21. The summed E-state index contributed by atoms with van der Waals surface area (Å²) in [5, 5.41) is 4.21. The number of esters is 1. The Morgan fingerprint density at radius 3 is 2.50 bits per heavy atom. The first-order chi connectivity index (χ1) is 15.3. The number of rotatable bonds is 6. The summed E-state index contributed by atoms with van der Waals surface area (Å²) in [6, 6.07) is 10.7. The molecule has 0 N–H and O–H groups in total. The summed E-state index contributed by atoms with van der Waals surface area (Å²) in [5.74, 6) is -1.12. The van der Waals surface area contributed by atoms with Gasteiger partial charge in [-0.25, -0.2) is 22.7 Å². The number of piperazine rings is 1. The van der Waals surface area contributed by atoms with Crippen molar-refractivity contribution in [2.24, 2.45) is 0 Å². The summed E-state index contributed by atoms with van der Waals surface area (Å²) in [5.41, 5.74) is 1.75. The average Bonchev–Trinajstić information content (AvgIpc) is 3.13. The van der Waals surface area contributed by atoms with Crippen LogP contribution < -0.4 is 0 Å². The third kappa shape index (κ3) is 4.63. The lowest BCUT2D eigenvalue weighted by atomic mass is 10.2. The molecule has 0 spiro atoms. The maximum Gasteiger partial charge on any atom is 0.344 e. The Labute approximate surface area is 185 Å². The predicted molar refractivity (Wildman–Crippen MR) is 115 cm³/mol. The van der Waals surface area contributed by atoms with Crippen molar-refractivity contribution in [2.75, 3.05) is 32.8 Å². The van der Waals surface area contributed by atoms with Crippen LogP contribution in [0.1, 0.15) is 21.6 Å². The molecule has 3 heterocycles. The zero-order chi connectivity index (χ0) is 22.7. The molecule has 168 valence electrons. The van der Waals surface area contributed by atoms with E-state index < -0.39 is 22.6 Å². The van der Waals surface area contributed by atoms with Crippen molar-refractivity contribution in [3.63, 3.8) is 0 Å². The van der Waals surface area contributed by atoms with E-state index in [0.717, 1.165) is 5.56 Å². The molecule has 1 saturated heterocycles. The summed E-state index contributed by atoms with van der Waals surface area (Å²) < 4.78 is 33.4. The van der Waals surface area contributed by atoms with Crippen molar-refractivity contribution in [3.05, 3.63) is 65.6 Å². The third-order valence-electron chi connectivity index (χ3n) is 5.28. The van der Waals surface area contributed by atoms with Gasteiger partial charge in [0.15, 0.2) is 12.3 Å². The number of benzene rings is 1. The maximum absolute atomic E-state index is 12.7. The Kier molecular flexibility index (Phi) is 6.19. The molecule has 1 aliphatic heterocycles. The number of aryl methyl sites for hydroxylation is 1. The van der Waals surface area contributed by atoms with Crippen LogP contribution >= 0.6 is 0 Å². The van der Waals surface area contributed by atoms with Gasteiger partial charge in [-0.05, 0) is 18.6 Å². The minimum Gasteiger partial charge on any atom is -0.452 e. The van der Waals surface area contributed by atoms with E-state index in [0.29, 0.717) is 11.3 Å². The fourth-order valence-corrected chi connectivity index (χ4v) is 5.13. The van der Waals surface area contributed by atoms with Crippen LogP contribution in [-0.2, 0) is 25.3 Å². The standard InChI is InChI=1S/C21H23N5O5S/c1-16-19(20-22-8-5-9-26(20)23-16)21(28)31-14-18(27)24-10-12-25(13-11-24)32(29,30)15-17-6-3-2-4-7-17/h2-9H,10-15H2,1H3. The lowest BCUT2D eigenvalue weighted by molar-refractivity contribution is -0.135. The molecule has 32 heavy (non-hydrogen) atoms. The molecule has 10 nitrogen and oxygen atoms in total. The van der Waals surface area contributed by atoms with Crippen molar-refractivity contribution in [1.29, 1.82) is 0 Å². The maximum atomic E-state index is 12.7. The van der Waals surface area contributed by atoms with E-state index in [1.807, 2.05) is 6.07 Å². The molecule has 0 saturated carbocycles. The van der Waals surface area contributed by atoms with Crippen molar-refractivity contribution < 1.29 is 22.7 Å². The summed E-state index contributed by atoms with van der Waals surface area (Å²) in [4.78, 5) is 30.7. The fourth-order valence-electron chi connectivity index (χ4n) is 3.62. The van der Waals surface area contributed by atoms with Gasteiger partial charge < -0.3 is 9.64 Å². The van der Waals surface area contributed by atoms with E-state index in [1.54, 1.807) is 49.6 Å². The number of sulfonamides is 1. The van der Waals surface area contributed by atoms with Crippen molar-refractivity contribution in [1.82, 2.24) is 23.8 Å². The number of carbonyl (C=O) groups is 2. The number of hydrogen-bond acceptors (Lipinski definition) is 7. The number of fused-ring (bicyclic) bond motifs is 1. The minimum atomic E-state index is -3.47. The smallest absolute Gasteiger partial charge is 0.344 e. The van der Waals surface area contributed by atoms with Crippen LogP contribution in [0.15, 0.2) is 48.8 Å². The molecule has 4 rings (SSSR count). The van der Waals surface area contributed by atoms with Gasteiger partial charge in [0.1, 0.15) is 5.56 Å². The van der Waals surface area contributed by atoms with Crippen LogP contribution in [0.2, 0.25) is 0 Å². The van der Waals surface area contributed by atoms with Gasteiger partial charge >= 0.3 is 5.97 Å². The van der Waals surface area contributed by atoms with Crippen molar-refractivity contribution in [2.45, 2.75) is 12.7 Å². The van der Waals surface area contributed by atoms with Crippen LogP contribution in [0.5, 0.6) is 0 Å². The second-order valence-electron chi connectivity index (χ2n) is 7.45. The van der Waals surface area contributed by atoms with Gasteiger partial charge in [-0.3, -0.25) is 4.79 Å². The third-order valence-corrected chi connectivity index (χ3v) is 7.13. The lowest BCUT2D eigenvalue weighted by Crippen LogP contribution is -2.51. The summed E-state index contributed by atoms with van der Waals surface area (Å²) in [6.45, 7) is 2.11. The molecule has 0 unspecified atom stereocenters. The van der Waals surface area contributed by atoms with E-state index in [-0.39, 0.29) is 43.4 Å². The SMILES string of the molecule is Cc1nn2cccnc2c1C(=O)OCC(=O)N1CCN(S(=O)(=O)Cc2ccccc2)CC1. The molecule has 2 aromatic heterocycles. The van der Waals surface area contributed by atoms with Gasteiger partial charge in [-0.1, -0.05) is 30.3 Å². The highest BCUT2D eigenvalue weighted by Gasteiger charge is 2.29. The molecule has 1 aliphatic rings. The van der Waals surface area contributed by atoms with E-state index >= 15 is 0 Å². The highest BCUT2D eigenvalue weighted by Crippen LogP contribution is 2.16. The molecule has 0 bridgehead atoms. The molecule has 1 aromatic carbocycles. The fraction of sp³-hybridized carbons (Fsp3) is 0.333. The quantitative estimate of drug-likeness (QED) is 0.505. The van der Waals surface area contributed by atoms with Gasteiger partial charge in [-0.2, -0.15) is 9.40 Å². The molecule has 0 aliphatic carbocycles. The molecule has 1 amide bonds. The van der Waals surface area contributed by atoms with Crippen LogP contribution in [0.3, 0.4) is 0 Å². The van der Waals surface area contributed by atoms with Crippen LogP contribution in [0.25, 0.3) is 5.65 Å². The first kappa shape index (κ1) is 21.9. The van der Waals surface area contributed by atoms with Gasteiger partial charge in [0, 0.05) is 38.6 Å². The number of amides is 1. The number of hydrogen-bond donors (Lipinski definition) is 0. The van der Waals surface area contributed by atoms with E-state index in [2.05, 4.69) is 10.1 Å². The second kappa shape index (κ2) is 9.05. The lowest BCUT2D eigenvalue weighted by Gasteiger charge is -2.33. The first-order valence-electron chi connectivity index (χ1n) is 10.1. The Morgan fingerprint density at radius 1 is 1.06 bits per heavy atom. The van der Waals surface area contributed by atoms with Crippen LogP contribution in [0, 0.1) is 6.92 Å². The van der Waals surface area contributed by atoms with E-state index in [1.165, 1.54) is 13.7 Å². The van der Waals surface area contributed by atoms with Gasteiger partial charge in [0.25, 0.3) is 5.91 Å². The van der Waals surface area contributed by atoms with Crippen LogP contribution in [-0.4, -0.2) is 76.9 Å². The Hall–Kier alpha value is -3.31. The molecule has 1 fully saturated rings. The van der Waals surface area contributed by atoms with E-state index in [9.17, 15) is 18.0 Å². The van der Waals surface area contributed by atoms with Gasteiger partial charge in [0.05, 0.1) is 11.4 Å².